The molecule has 1 aliphatic heterocycles. The molecule has 1 saturated heterocycles. The van der Waals surface area contributed by atoms with Crippen LogP contribution < -0.4 is 0 Å². The van der Waals surface area contributed by atoms with Crippen molar-refractivity contribution in [2.75, 3.05) is 32.8 Å². The first-order valence-electron chi connectivity index (χ1n) is 7.12. The third kappa shape index (κ3) is 4.94. The van der Waals surface area contributed by atoms with Gasteiger partial charge in [0.05, 0.1) is 23.8 Å². The molecule has 1 aliphatic rings. The van der Waals surface area contributed by atoms with Crippen LogP contribution in [0.15, 0.2) is 35.5 Å². The molecular formula is C15H19N3O4. The highest BCUT2D eigenvalue weighted by molar-refractivity contribution is 5.97. The summed E-state index contributed by atoms with van der Waals surface area (Å²) in [6.07, 6.45) is 4.14. The van der Waals surface area contributed by atoms with Crippen LogP contribution in [0.4, 0.5) is 5.69 Å². The second-order valence-electron chi connectivity index (χ2n) is 4.98. The van der Waals surface area contributed by atoms with Crippen molar-refractivity contribution in [2.45, 2.75) is 6.42 Å². The molecule has 0 aliphatic carbocycles. The SMILES string of the molecule is O=[N+]([O-])c1ccc(/C=C\C(CCN2CCOCC2)=N/O)cc1. The van der Waals surface area contributed by atoms with Gasteiger partial charge in [-0.3, -0.25) is 15.0 Å². The summed E-state index contributed by atoms with van der Waals surface area (Å²) in [6.45, 7) is 4.08. The summed E-state index contributed by atoms with van der Waals surface area (Å²) < 4.78 is 5.28. The molecule has 118 valence electrons. The summed E-state index contributed by atoms with van der Waals surface area (Å²) in [5, 5.41) is 22.9. The maximum atomic E-state index is 10.6. The van der Waals surface area contributed by atoms with Crippen LogP contribution in [0, 0.1) is 10.1 Å². The summed E-state index contributed by atoms with van der Waals surface area (Å²) >= 11 is 0. The molecule has 1 heterocycles. The van der Waals surface area contributed by atoms with Crippen LogP contribution in [0.3, 0.4) is 0 Å². The number of nitro benzene ring substituents is 1. The predicted molar refractivity (Wildman–Crippen MR) is 83.2 cm³/mol. The highest BCUT2D eigenvalue weighted by Crippen LogP contribution is 2.13. The smallest absolute Gasteiger partial charge is 0.269 e. The molecule has 7 nitrogen and oxygen atoms in total. The minimum Gasteiger partial charge on any atom is -0.411 e. The van der Waals surface area contributed by atoms with E-state index in [1.807, 2.05) is 0 Å². The Bertz CT molecular complexity index is 548. The number of non-ortho nitro benzene ring substituents is 1. The summed E-state index contributed by atoms with van der Waals surface area (Å²) in [5.74, 6) is 0. The van der Waals surface area contributed by atoms with Gasteiger partial charge in [-0.05, 0) is 23.8 Å². The van der Waals surface area contributed by atoms with E-state index < -0.39 is 4.92 Å². The fourth-order valence-electron chi connectivity index (χ4n) is 2.16. The minimum atomic E-state index is -0.434. The number of hydrogen-bond acceptors (Lipinski definition) is 6. The van der Waals surface area contributed by atoms with Crippen molar-refractivity contribution in [3.05, 3.63) is 46.0 Å². The first kappa shape index (κ1) is 16.1. The summed E-state index contributed by atoms with van der Waals surface area (Å²) in [6, 6.07) is 6.21. The molecule has 0 unspecified atom stereocenters. The maximum Gasteiger partial charge on any atom is 0.269 e. The normalized spacial score (nSPS) is 17.0. The average molecular weight is 305 g/mol. The fourth-order valence-corrected chi connectivity index (χ4v) is 2.16. The third-order valence-electron chi connectivity index (χ3n) is 3.49. The number of oxime groups is 1. The summed E-state index contributed by atoms with van der Waals surface area (Å²) in [4.78, 5) is 12.4. The largest absolute Gasteiger partial charge is 0.411 e. The fraction of sp³-hybridized carbons (Fsp3) is 0.400. The number of allylic oxidation sites excluding steroid dienone is 1. The van der Waals surface area contributed by atoms with Crippen molar-refractivity contribution in [1.29, 1.82) is 0 Å². The predicted octanol–water partition coefficient (Wildman–Crippen LogP) is 2.16. The van der Waals surface area contributed by atoms with Gasteiger partial charge in [0, 0.05) is 38.2 Å². The van der Waals surface area contributed by atoms with Gasteiger partial charge in [-0.1, -0.05) is 11.2 Å². The minimum absolute atomic E-state index is 0.0560. The van der Waals surface area contributed by atoms with E-state index in [0.29, 0.717) is 12.1 Å². The van der Waals surface area contributed by atoms with Crippen molar-refractivity contribution >= 4 is 17.5 Å². The quantitative estimate of drug-likeness (QED) is 0.376. The molecule has 0 atom stereocenters. The molecule has 1 fully saturated rings. The first-order valence-corrected chi connectivity index (χ1v) is 7.12. The molecule has 2 rings (SSSR count). The van der Waals surface area contributed by atoms with Crippen LogP contribution in [0.2, 0.25) is 0 Å². The van der Waals surface area contributed by atoms with E-state index in [9.17, 15) is 10.1 Å². The summed E-state index contributed by atoms with van der Waals surface area (Å²) in [7, 11) is 0. The number of morpholine rings is 1. The van der Waals surface area contributed by atoms with Gasteiger partial charge in [-0.15, -0.1) is 0 Å². The molecule has 1 aromatic rings. The van der Waals surface area contributed by atoms with Crippen LogP contribution in [0.1, 0.15) is 12.0 Å². The Morgan fingerprint density at radius 2 is 2.05 bits per heavy atom. The van der Waals surface area contributed by atoms with Crippen LogP contribution in [0.5, 0.6) is 0 Å². The first-order chi connectivity index (χ1) is 10.7. The molecule has 0 spiro atoms. The Labute approximate surface area is 128 Å². The number of nitrogens with zero attached hydrogens (tertiary/aromatic N) is 3. The molecule has 1 aromatic carbocycles. The van der Waals surface area contributed by atoms with Gasteiger partial charge < -0.3 is 9.94 Å². The second kappa shape index (κ2) is 8.26. The van der Waals surface area contributed by atoms with E-state index in [1.54, 1.807) is 24.3 Å². The lowest BCUT2D eigenvalue weighted by Gasteiger charge is -2.26. The topological polar surface area (TPSA) is 88.2 Å². The zero-order valence-corrected chi connectivity index (χ0v) is 12.2. The van der Waals surface area contributed by atoms with Crippen molar-refractivity contribution < 1.29 is 14.9 Å². The Balaban J connectivity index is 1.87. The molecule has 1 N–H and O–H groups in total. The van der Waals surface area contributed by atoms with Gasteiger partial charge in [0.2, 0.25) is 0 Å². The molecular weight excluding hydrogens is 286 g/mol. The van der Waals surface area contributed by atoms with Gasteiger partial charge in [0.15, 0.2) is 0 Å². The number of hydrogen-bond donors (Lipinski definition) is 1. The van der Waals surface area contributed by atoms with E-state index in [0.717, 1.165) is 38.4 Å². The van der Waals surface area contributed by atoms with Crippen molar-refractivity contribution in [1.82, 2.24) is 4.90 Å². The van der Waals surface area contributed by atoms with Crippen LogP contribution in [-0.2, 0) is 4.74 Å². The number of rotatable bonds is 6. The molecule has 0 amide bonds. The van der Waals surface area contributed by atoms with Gasteiger partial charge in [0.25, 0.3) is 5.69 Å². The van der Waals surface area contributed by atoms with Gasteiger partial charge in [-0.2, -0.15) is 0 Å². The number of benzene rings is 1. The molecule has 0 aromatic heterocycles. The van der Waals surface area contributed by atoms with E-state index in [-0.39, 0.29) is 5.69 Å². The third-order valence-corrected chi connectivity index (χ3v) is 3.49. The van der Waals surface area contributed by atoms with Crippen molar-refractivity contribution in [3.8, 4) is 0 Å². The van der Waals surface area contributed by atoms with Crippen molar-refractivity contribution in [2.24, 2.45) is 5.16 Å². The number of nitro groups is 1. The van der Waals surface area contributed by atoms with Gasteiger partial charge in [-0.25, -0.2) is 0 Å². The zero-order valence-electron chi connectivity index (χ0n) is 12.2. The highest BCUT2D eigenvalue weighted by atomic mass is 16.6. The number of ether oxygens (including phenoxy) is 1. The monoisotopic (exact) mass is 305 g/mol. The van der Waals surface area contributed by atoms with E-state index in [4.69, 9.17) is 9.94 Å². The Kier molecular flexibility index (Phi) is 6.05. The summed E-state index contributed by atoms with van der Waals surface area (Å²) in [5.41, 5.74) is 1.45. The molecule has 7 heteroatoms. The van der Waals surface area contributed by atoms with Crippen LogP contribution in [0.25, 0.3) is 6.08 Å². The lowest BCUT2D eigenvalue weighted by molar-refractivity contribution is -0.384. The standard InChI is InChI=1S/C15H19N3O4/c19-16-14(7-8-17-9-11-22-12-10-17)4-1-13-2-5-15(6-3-13)18(20)21/h1-6,19H,7-12H2/b4-1-,16-14+. The maximum absolute atomic E-state index is 10.6. The van der Waals surface area contributed by atoms with Crippen LogP contribution in [-0.4, -0.2) is 53.6 Å². The highest BCUT2D eigenvalue weighted by Gasteiger charge is 2.10. The Morgan fingerprint density at radius 3 is 2.64 bits per heavy atom. The molecule has 0 bridgehead atoms. The van der Waals surface area contributed by atoms with Gasteiger partial charge in [0.1, 0.15) is 0 Å². The molecule has 22 heavy (non-hydrogen) atoms. The Hall–Kier alpha value is -2.25. The lowest BCUT2D eigenvalue weighted by atomic mass is 10.1. The average Bonchev–Trinajstić information content (AvgIpc) is 2.56. The zero-order chi connectivity index (χ0) is 15.8. The molecule has 0 radical (unpaired) electrons. The van der Waals surface area contributed by atoms with Crippen molar-refractivity contribution in [3.63, 3.8) is 0 Å². The molecule has 0 saturated carbocycles. The lowest BCUT2D eigenvalue weighted by Crippen LogP contribution is -2.37. The van der Waals surface area contributed by atoms with Gasteiger partial charge >= 0.3 is 0 Å². The van der Waals surface area contributed by atoms with E-state index >= 15 is 0 Å². The second-order valence-corrected chi connectivity index (χ2v) is 4.98. The Morgan fingerprint density at radius 1 is 1.36 bits per heavy atom. The van der Waals surface area contributed by atoms with E-state index in [2.05, 4.69) is 10.1 Å². The van der Waals surface area contributed by atoms with E-state index in [1.165, 1.54) is 12.1 Å². The van der Waals surface area contributed by atoms with Crippen LogP contribution >= 0.6 is 0 Å².